The van der Waals surface area contributed by atoms with Crippen LogP contribution < -0.4 is 0 Å². The van der Waals surface area contributed by atoms with Gasteiger partial charge in [0.1, 0.15) is 5.82 Å². The molecule has 0 radical (unpaired) electrons. The van der Waals surface area contributed by atoms with Gasteiger partial charge in [-0.3, -0.25) is 0 Å². The van der Waals surface area contributed by atoms with Crippen molar-refractivity contribution in [2.45, 2.75) is 6.42 Å². The molecule has 0 fully saturated rings. The van der Waals surface area contributed by atoms with Crippen LogP contribution in [0.4, 0.5) is 4.39 Å². The van der Waals surface area contributed by atoms with Crippen molar-refractivity contribution in [3.8, 4) is 11.1 Å². The largest absolute Gasteiger partial charge is 0.207 e. The van der Waals surface area contributed by atoms with Crippen LogP contribution in [0.15, 0.2) is 48.5 Å². The summed E-state index contributed by atoms with van der Waals surface area (Å²) in [6.45, 7) is 0. The number of allylic oxidation sites excluding steroid dienone is 1. The molecule has 0 atom stereocenters. The van der Waals surface area contributed by atoms with Gasteiger partial charge in [0.15, 0.2) is 0 Å². The molecule has 0 amide bonds. The van der Waals surface area contributed by atoms with Crippen LogP contribution in [0.5, 0.6) is 0 Å². The van der Waals surface area contributed by atoms with Crippen molar-refractivity contribution < 1.29 is 4.39 Å². The monoisotopic (exact) mass is 210 g/mol. The van der Waals surface area contributed by atoms with Gasteiger partial charge in [0.25, 0.3) is 0 Å². The quantitative estimate of drug-likeness (QED) is 0.665. The summed E-state index contributed by atoms with van der Waals surface area (Å²) in [7, 11) is 0. The van der Waals surface area contributed by atoms with Gasteiger partial charge in [0.05, 0.1) is 0 Å². The SMILES string of the molecule is Fc1cccc(-c2ccc3c(c2)C=CC3)c1. The van der Waals surface area contributed by atoms with E-state index < -0.39 is 0 Å². The van der Waals surface area contributed by atoms with Crippen molar-refractivity contribution in [3.05, 3.63) is 65.5 Å². The van der Waals surface area contributed by atoms with Crippen LogP contribution in [0.1, 0.15) is 11.1 Å². The number of benzene rings is 2. The zero-order chi connectivity index (χ0) is 11.0. The van der Waals surface area contributed by atoms with Crippen LogP contribution >= 0.6 is 0 Å². The van der Waals surface area contributed by atoms with Crippen LogP contribution in [0.2, 0.25) is 0 Å². The van der Waals surface area contributed by atoms with Crippen molar-refractivity contribution in [2.75, 3.05) is 0 Å². The molecule has 1 heteroatoms. The molecule has 0 heterocycles. The molecule has 0 unspecified atom stereocenters. The predicted molar refractivity (Wildman–Crippen MR) is 64.6 cm³/mol. The van der Waals surface area contributed by atoms with Gasteiger partial charge in [-0.1, -0.05) is 36.4 Å². The molecule has 78 valence electrons. The fourth-order valence-corrected chi connectivity index (χ4v) is 2.10. The number of halogens is 1. The molecule has 0 spiro atoms. The first-order valence-electron chi connectivity index (χ1n) is 5.38. The molecule has 0 bridgehead atoms. The summed E-state index contributed by atoms with van der Waals surface area (Å²) in [6, 6.07) is 13.0. The Morgan fingerprint density at radius 3 is 2.69 bits per heavy atom. The average Bonchev–Trinajstić information content (AvgIpc) is 2.75. The third-order valence-corrected chi connectivity index (χ3v) is 2.94. The number of hydrogen-bond acceptors (Lipinski definition) is 0. The summed E-state index contributed by atoms with van der Waals surface area (Å²) in [6.07, 6.45) is 5.29. The van der Waals surface area contributed by atoms with Gasteiger partial charge in [0.2, 0.25) is 0 Å². The normalized spacial score (nSPS) is 12.8. The van der Waals surface area contributed by atoms with E-state index in [1.165, 1.54) is 17.2 Å². The second-order valence-corrected chi connectivity index (χ2v) is 4.03. The van der Waals surface area contributed by atoms with Crippen LogP contribution in [0.3, 0.4) is 0 Å². The molecule has 0 saturated carbocycles. The van der Waals surface area contributed by atoms with Crippen molar-refractivity contribution in [3.63, 3.8) is 0 Å². The van der Waals surface area contributed by atoms with E-state index in [1.54, 1.807) is 12.1 Å². The number of rotatable bonds is 1. The highest BCUT2D eigenvalue weighted by Gasteiger charge is 2.06. The standard InChI is InChI=1S/C15H11F/c16-15-6-2-5-13(10-15)14-8-7-11-3-1-4-12(11)9-14/h1-2,4-10H,3H2. The smallest absolute Gasteiger partial charge is 0.123 e. The van der Waals surface area contributed by atoms with Gasteiger partial charge in [-0.05, 0) is 46.9 Å². The highest BCUT2D eigenvalue weighted by Crippen LogP contribution is 2.27. The Balaban J connectivity index is 2.10. The molecular formula is C15H11F. The van der Waals surface area contributed by atoms with E-state index in [1.807, 2.05) is 6.07 Å². The second-order valence-electron chi connectivity index (χ2n) is 4.03. The minimum absolute atomic E-state index is 0.187. The van der Waals surface area contributed by atoms with Gasteiger partial charge in [-0.15, -0.1) is 0 Å². The molecule has 0 nitrogen and oxygen atoms in total. The molecule has 3 rings (SSSR count). The van der Waals surface area contributed by atoms with Crippen LogP contribution in [-0.2, 0) is 6.42 Å². The van der Waals surface area contributed by atoms with Gasteiger partial charge >= 0.3 is 0 Å². The molecule has 2 aromatic rings. The van der Waals surface area contributed by atoms with Gasteiger partial charge < -0.3 is 0 Å². The minimum Gasteiger partial charge on any atom is -0.207 e. The average molecular weight is 210 g/mol. The van der Waals surface area contributed by atoms with Crippen molar-refractivity contribution >= 4 is 6.08 Å². The van der Waals surface area contributed by atoms with Crippen molar-refractivity contribution in [2.24, 2.45) is 0 Å². The second kappa shape index (κ2) is 3.60. The molecule has 16 heavy (non-hydrogen) atoms. The maximum atomic E-state index is 13.1. The Morgan fingerprint density at radius 2 is 1.81 bits per heavy atom. The first-order valence-corrected chi connectivity index (χ1v) is 5.38. The molecular weight excluding hydrogens is 199 g/mol. The highest BCUT2D eigenvalue weighted by atomic mass is 19.1. The summed E-state index contributed by atoms with van der Waals surface area (Å²) in [5, 5.41) is 0. The van der Waals surface area contributed by atoms with E-state index in [2.05, 4.69) is 30.4 Å². The lowest BCUT2D eigenvalue weighted by Crippen LogP contribution is -1.84. The lowest BCUT2D eigenvalue weighted by Gasteiger charge is -2.05. The predicted octanol–water partition coefficient (Wildman–Crippen LogP) is 4.06. The summed E-state index contributed by atoms with van der Waals surface area (Å²) < 4.78 is 13.1. The molecule has 0 aromatic heterocycles. The molecule has 1 aliphatic carbocycles. The van der Waals surface area contributed by atoms with E-state index in [-0.39, 0.29) is 5.82 Å². The van der Waals surface area contributed by atoms with Crippen molar-refractivity contribution in [1.82, 2.24) is 0 Å². The Kier molecular flexibility index (Phi) is 2.10. The third-order valence-electron chi connectivity index (χ3n) is 2.94. The summed E-state index contributed by atoms with van der Waals surface area (Å²) >= 11 is 0. The Hall–Kier alpha value is -1.89. The maximum Gasteiger partial charge on any atom is 0.123 e. The van der Waals surface area contributed by atoms with Crippen LogP contribution in [-0.4, -0.2) is 0 Å². The van der Waals surface area contributed by atoms with Crippen LogP contribution in [0, 0.1) is 5.82 Å². The fourth-order valence-electron chi connectivity index (χ4n) is 2.10. The zero-order valence-electron chi connectivity index (χ0n) is 8.78. The topological polar surface area (TPSA) is 0 Å². The highest BCUT2D eigenvalue weighted by molar-refractivity contribution is 5.71. The molecule has 0 aliphatic heterocycles. The first kappa shape index (κ1) is 9.34. The maximum absolute atomic E-state index is 13.1. The van der Waals surface area contributed by atoms with E-state index in [0.29, 0.717) is 0 Å². The van der Waals surface area contributed by atoms with E-state index >= 15 is 0 Å². The van der Waals surface area contributed by atoms with Crippen molar-refractivity contribution in [1.29, 1.82) is 0 Å². The fraction of sp³-hybridized carbons (Fsp3) is 0.0667. The number of fused-ring (bicyclic) bond motifs is 1. The lowest BCUT2D eigenvalue weighted by molar-refractivity contribution is 0.628. The summed E-state index contributed by atoms with van der Waals surface area (Å²) in [4.78, 5) is 0. The third kappa shape index (κ3) is 1.54. The van der Waals surface area contributed by atoms with Gasteiger partial charge in [-0.2, -0.15) is 0 Å². The summed E-state index contributed by atoms with van der Waals surface area (Å²) in [5.74, 6) is -0.187. The number of hydrogen-bond donors (Lipinski definition) is 0. The zero-order valence-corrected chi connectivity index (χ0v) is 8.78. The molecule has 2 aromatic carbocycles. The first-order chi connectivity index (χ1) is 7.83. The molecule has 0 N–H and O–H groups in total. The van der Waals surface area contributed by atoms with Crippen LogP contribution in [0.25, 0.3) is 17.2 Å². The van der Waals surface area contributed by atoms with E-state index in [0.717, 1.165) is 17.5 Å². The molecule has 1 aliphatic rings. The Bertz CT molecular complexity index is 567. The van der Waals surface area contributed by atoms with E-state index in [4.69, 9.17) is 0 Å². The summed E-state index contributed by atoms with van der Waals surface area (Å²) in [5.41, 5.74) is 4.61. The Labute approximate surface area is 94.1 Å². The lowest BCUT2D eigenvalue weighted by atomic mass is 10.0. The van der Waals surface area contributed by atoms with Gasteiger partial charge in [-0.25, -0.2) is 4.39 Å². The minimum atomic E-state index is -0.187. The van der Waals surface area contributed by atoms with E-state index in [9.17, 15) is 4.39 Å². The molecule has 0 saturated heterocycles. The van der Waals surface area contributed by atoms with Gasteiger partial charge in [0, 0.05) is 0 Å². The Morgan fingerprint density at radius 1 is 0.938 bits per heavy atom.